The smallest absolute Gasteiger partial charge is 0.220 e. The fourth-order valence-electron chi connectivity index (χ4n) is 4.87. The number of benzene rings is 2. The first-order valence-electron chi connectivity index (χ1n) is 12.5. The van der Waals surface area contributed by atoms with Gasteiger partial charge in [-0.2, -0.15) is 0 Å². The molecular formula is C27H30N6O4. The number of hydrogen-bond donors (Lipinski definition) is 2. The third-order valence-corrected chi connectivity index (χ3v) is 6.87. The zero-order valence-corrected chi connectivity index (χ0v) is 20.8. The summed E-state index contributed by atoms with van der Waals surface area (Å²) >= 11 is 0. The molecule has 1 saturated heterocycles. The van der Waals surface area contributed by atoms with E-state index in [1.165, 1.54) is 0 Å². The highest BCUT2D eigenvalue weighted by Crippen LogP contribution is 2.36. The van der Waals surface area contributed by atoms with E-state index in [-0.39, 0.29) is 11.9 Å². The number of nitrogens with two attached hydrogens (primary N) is 1. The first kappa shape index (κ1) is 23.5. The van der Waals surface area contributed by atoms with E-state index in [9.17, 15) is 0 Å². The fourth-order valence-corrected chi connectivity index (χ4v) is 4.87. The molecule has 0 radical (unpaired) electrons. The van der Waals surface area contributed by atoms with Crippen molar-refractivity contribution >= 4 is 17.0 Å². The Labute approximate surface area is 214 Å². The lowest BCUT2D eigenvalue weighted by Crippen LogP contribution is -2.38. The van der Waals surface area contributed by atoms with Crippen molar-refractivity contribution < 1.29 is 18.9 Å². The summed E-state index contributed by atoms with van der Waals surface area (Å²) in [4.78, 5) is 19.3. The number of fused-ring (bicyclic) bond motifs is 2. The monoisotopic (exact) mass is 502 g/mol. The molecule has 4 heterocycles. The van der Waals surface area contributed by atoms with Crippen LogP contribution < -0.4 is 19.9 Å². The lowest BCUT2D eigenvalue weighted by Gasteiger charge is -2.26. The Morgan fingerprint density at radius 2 is 2.03 bits per heavy atom. The minimum atomic E-state index is 0.0753. The van der Waals surface area contributed by atoms with Crippen LogP contribution in [0.25, 0.3) is 22.3 Å². The molecule has 0 spiro atoms. The van der Waals surface area contributed by atoms with Gasteiger partial charge in [0.05, 0.1) is 44.1 Å². The molecule has 0 aliphatic carbocycles. The largest absolute Gasteiger partial charge is 0.497 e. The van der Waals surface area contributed by atoms with Crippen LogP contribution in [0.1, 0.15) is 17.3 Å². The van der Waals surface area contributed by atoms with Gasteiger partial charge in [-0.05, 0) is 48.4 Å². The highest BCUT2D eigenvalue weighted by atomic mass is 16.5. The number of nitrogens with zero attached hydrogens (tertiary/aromatic N) is 4. The van der Waals surface area contributed by atoms with Crippen LogP contribution in [0.5, 0.6) is 17.2 Å². The highest BCUT2D eigenvalue weighted by Gasteiger charge is 2.25. The number of nitrogen functional groups attached to an aromatic ring is 1. The van der Waals surface area contributed by atoms with Crippen molar-refractivity contribution in [2.45, 2.75) is 12.3 Å². The molecule has 0 amide bonds. The molecule has 10 heteroatoms. The molecule has 2 aliphatic rings. The van der Waals surface area contributed by atoms with Crippen molar-refractivity contribution in [3.8, 4) is 28.5 Å². The molecule has 6 rings (SSSR count). The summed E-state index contributed by atoms with van der Waals surface area (Å²) < 4.78 is 23.2. The van der Waals surface area contributed by atoms with E-state index in [1.54, 1.807) is 13.3 Å². The molecule has 1 unspecified atom stereocenters. The van der Waals surface area contributed by atoms with Crippen molar-refractivity contribution in [1.82, 2.24) is 24.8 Å². The second-order valence-corrected chi connectivity index (χ2v) is 9.28. The maximum atomic E-state index is 6.33. The summed E-state index contributed by atoms with van der Waals surface area (Å²) in [5.41, 5.74) is 10.2. The SMILES string of the molecule is COc1ccc2c(c1)CC(c1nc3cc(-c4ccnc(N)n4)cc(OCCN4CCOCC4)c3[nH]1)CO2. The van der Waals surface area contributed by atoms with Crippen molar-refractivity contribution in [2.75, 3.05) is 58.9 Å². The van der Waals surface area contributed by atoms with Gasteiger partial charge >= 0.3 is 0 Å². The number of H-pyrrole nitrogens is 1. The van der Waals surface area contributed by atoms with E-state index >= 15 is 0 Å². The van der Waals surface area contributed by atoms with E-state index in [1.807, 2.05) is 36.4 Å². The lowest BCUT2D eigenvalue weighted by atomic mass is 9.96. The predicted molar refractivity (Wildman–Crippen MR) is 139 cm³/mol. The van der Waals surface area contributed by atoms with E-state index in [0.29, 0.717) is 13.2 Å². The van der Waals surface area contributed by atoms with Crippen molar-refractivity contribution in [2.24, 2.45) is 0 Å². The van der Waals surface area contributed by atoms with Crippen molar-refractivity contribution in [1.29, 1.82) is 0 Å². The summed E-state index contributed by atoms with van der Waals surface area (Å²) in [5.74, 6) is 3.60. The highest BCUT2D eigenvalue weighted by molar-refractivity contribution is 5.87. The van der Waals surface area contributed by atoms with Crippen LogP contribution in [0.15, 0.2) is 42.6 Å². The number of morpholine rings is 1. The van der Waals surface area contributed by atoms with Crippen LogP contribution >= 0.6 is 0 Å². The Kier molecular flexibility index (Phi) is 6.50. The normalized spacial score (nSPS) is 17.8. The Bertz CT molecular complexity index is 1400. The summed E-state index contributed by atoms with van der Waals surface area (Å²) in [7, 11) is 1.67. The number of methoxy groups -OCH3 is 1. The number of aromatic nitrogens is 4. The number of nitrogens with one attached hydrogen (secondary N) is 1. The first-order chi connectivity index (χ1) is 18.2. The molecule has 37 heavy (non-hydrogen) atoms. The summed E-state index contributed by atoms with van der Waals surface area (Å²) in [6, 6.07) is 11.7. The molecule has 0 bridgehead atoms. The average molecular weight is 503 g/mol. The minimum Gasteiger partial charge on any atom is -0.497 e. The standard InChI is InChI=1S/C27H30N6O4/c1-34-20-2-3-23-18(13-20)12-19(16-37-23)26-30-22-14-17(21-4-5-29-27(28)31-21)15-24(25(22)32-26)36-11-8-33-6-9-35-10-7-33/h2-5,13-15,19H,6-12,16H2,1H3,(H,30,32)(H2,28,29,31). The molecule has 3 N–H and O–H groups in total. The van der Waals surface area contributed by atoms with Crippen LogP contribution in [0.2, 0.25) is 0 Å². The Morgan fingerprint density at radius 3 is 2.86 bits per heavy atom. The van der Waals surface area contributed by atoms with Crippen LogP contribution in [-0.4, -0.2) is 78.0 Å². The second kappa shape index (κ2) is 10.2. The molecule has 2 aliphatic heterocycles. The zero-order valence-electron chi connectivity index (χ0n) is 20.8. The average Bonchev–Trinajstić information content (AvgIpc) is 3.37. The van der Waals surface area contributed by atoms with E-state index in [4.69, 9.17) is 29.7 Å². The maximum Gasteiger partial charge on any atom is 0.220 e. The van der Waals surface area contributed by atoms with Gasteiger partial charge in [0.25, 0.3) is 0 Å². The molecule has 192 valence electrons. The fraction of sp³-hybridized carbons (Fsp3) is 0.370. The summed E-state index contributed by atoms with van der Waals surface area (Å²) in [6.07, 6.45) is 2.46. The minimum absolute atomic E-state index is 0.0753. The van der Waals surface area contributed by atoms with Crippen LogP contribution in [0.4, 0.5) is 5.95 Å². The van der Waals surface area contributed by atoms with Crippen molar-refractivity contribution in [3.63, 3.8) is 0 Å². The van der Waals surface area contributed by atoms with Crippen LogP contribution in [-0.2, 0) is 11.2 Å². The van der Waals surface area contributed by atoms with Gasteiger partial charge < -0.3 is 29.7 Å². The van der Waals surface area contributed by atoms with Crippen LogP contribution in [0, 0.1) is 0 Å². The third kappa shape index (κ3) is 5.03. The number of aromatic amines is 1. The molecule has 2 aromatic heterocycles. The quantitative estimate of drug-likeness (QED) is 0.393. The van der Waals surface area contributed by atoms with Crippen molar-refractivity contribution in [3.05, 3.63) is 54.0 Å². The predicted octanol–water partition coefficient (Wildman–Crippen LogP) is 3.04. The lowest BCUT2D eigenvalue weighted by molar-refractivity contribution is 0.0323. The maximum absolute atomic E-state index is 6.33. The molecule has 4 aromatic rings. The molecular weight excluding hydrogens is 472 g/mol. The number of hydrogen-bond acceptors (Lipinski definition) is 9. The van der Waals surface area contributed by atoms with Crippen LogP contribution in [0.3, 0.4) is 0 Å². The molecule has 1 atom stereocenters. The number of ether oxygens (including phenoxy) is 4. The van der Waals surface area contributed by atoms with Gasteiger partial charge in [-0.3, -0.25) is 4.90 Å². The molecule has 0 saturated carbocycles. The zero-order chi connectivity index (χ0) is 25.2. The first-order valence-corrected chi connectivity index (χ1v) is 12.5. The van der Waals surface area contributed by atoms with Gasteiger partial charge in [0.15, 0.2) is 0 Å². The topological polar surface area (TPSA) is 121 Å². The van der Waals surface area contributed by atoms with E-state index < -0.39 is 0 Å². The number of imidazole rings is 1. The second-order valence-electron chi connectivity index (χ2n) is 9.28. The molecule has 2 aromatic carbocycles. The van der Waals surface area contributed by atoms with E-state index in [0.717, 1.165) is 90.2 Å². The molecule has 10 nitrogen and oxygen atoms in total. The number of anilines is 1. The Morgan fingerprint density at radius 1 is 1.14 bits per heavy atom. The van der Waals surface area contributed by atoms with Gasteiger partial charge in [0, 0.05) is 31.4 Å². The summed E-state index contributed by atoms with van der Waals surface area (Å²) in [5, 5.41) is 0. The Hall–Kier alpha value is -3.89. The van der Waals surface area contributed by atoms with Gasteiger partial charge in [0.1, 0.15) is 35.2 Å². The van der Waals surface area contributed by atoms with E-state index in [2.05, 4.69) is 19.9 Å². The Balaban J connectivity index is 1.31. The summed E-state index contributed by atoms with van der Waals surface area (Å²) in [6.45, 7) is 5.28. The van der Waals surface area contributed by atoms with Gasteiger partial charge in [-0.25, -0.2) is 15.0 Å². The third-order valence-electron chi connectivity index (χ3n) is 6.87. The number of rotatable bonds is 7. The van der Waals surface area contributed by atoms with Gasteiger partial charge in [0.2, 0.25) is 5.95 Å². The van der Waals surface area contributed by atoms with Gasteiger partial charge in [-0.15, -0.1) is 0 Å². The van der Waals surface area contributed by atoms with Gasteiger partial charge in [-0.1, -0.05) is 0 Å². The molecule has 1 fully saturated rings.